The number of nitrogens with zero attached hydrogens (tertiary/aromatic N) is 2. The Morgan fingerprint density at radius 3 is 2.84 bits per heavy atom. The number of hydrogen-bond acceptors (Lipinski definition) is 6. The summed E-state index contributed by atoms with van der Waals surface area (Å²) >= 11 is 1.27. The number of furan rings is 1. The molecule has 8 heteroatoms. The van der Waals surface area contributed by atoms with Crippen LogP contribution in [0.2, 0.25) is 0 Å². The van der Waals surface area contributed by atoms with E-state index in [2.05, 4.69) is 20.5 Å². The molecule has 1 amide bonds. The summed E-state index contributed by atoms with van der Waals surface area (Å²) in [5, 5.41) is 10.4. The second kappa shape index (κ2) is 7.89. The summed E-state index contributed by atoms with van der Waals surface area (Å²) in [6, 6.07) is 10.9. The van der Waals surface area contributed by atoms with Gasteiger partial charge in [0, 0.05) is 5.56 Å². The smallest absolute Gasteiger partial charge is 0.231 e. The van der Waals surface area contributed by atoms with Gasteiger partial charge in [0.2, 0.25) is 11.1 Å². The quantitative estimate of drug-likeness (QED) is 0.631. The molecule has 0 radical (unpaired) electrons. The van der Waals surface area contributed by atoms with Crippen LogP contribution in [-0.4, -0.2) is 34.0 Å². The molecule has 0 spiro atoms. The molecule has 25 heavy (non-hydrogen) atoms. The summed E-state index contributed by atoms with van der Waals surface area (Å²) in [5.74, 6) is 2.27. The number of aromatic nitrogens is 3. The first-order valence-electron chi connectivity index (χ1n) is 7.68. The van der Waals surface area contributed by atoms with E-state index < -0.39 is 0 Å². The van der Waals surface area contributed by atoms with Gasteiger partial charge in [-0.3, -0.25) is 9.89 Å². The van der Waals surface area contributed by atoms with Gasteiger partial charge >= 0.3 is 0 Å². The number of carbonyl (C=O) groups excluding carboxylic acids is 1. The fraction of sp³-hybridized carbons (Fsp3) is 0.235. The van der Waals surface area contributed by atoms with Gasteiger partial charge in [-0.2, -0.15) is 0 Å². The van der Waals surface area contributed by atoms with Crippen molar-refractivity contribution in [3.05, 3.63) is 48.4 Å². The molecule has 1 unspecified atom stereocenters. The van der Waals surface area contributed by atoms with Crippen LogP contribution in [0.4, 0.5) is 0 Å². The lowest BCUT2D eigenvalue weighted by molar-refractivity contribution is -0.119. The molecule has 3 rings (SSSR count). The second-order valence-corrected chi connectivity index (χ2v) is 6.23. The molecule has 7 nitrogen and oxygen atoms in total. The third kappa shape index (κ3) is 4.42. The minimum atomic E-state index is -0.176. The van der Waals surface area contributed by atoms with Gasteiger partial charge in [-0.25, -0.2) is 4.98 Å². The molecule has 0 aliphatic heterocycles. The minimum Gasteiger partial charge on any atom is -0.497 e. The predicted molar refractivity (Wildman–Crippen MR) is 94.4 cm³/mol. The number of amides is 1. The molecule has 0 aliphatic rings. The van der Waals surface area contributed by atoms with Crippen LogP contribution in [0, 0.1) is 0 Å². The van der Waals surface area contributed by atoms with Crippen LogP contribution in [0.25, 0.3) is 11.4 Å². The SMILES string of the molecule is COc1ccc(-c2nc(SCC(=O)NC(C)c3ccco3)n[nH]2)cc1. The number of benzene rings is 1. The number of rotatable bonds is 7. The van der Waals surface area contributed by atoms with Crippen LogP contribution in [0.1, 0.15) is 18.7 Å². The maximum atomic E-state index is 12.0. The third-order valence-corrected chi connectivity index (χ3v) is 4.36. The fourth-order valence-electron chi connectivity index (χ4n) is 2.21. The van der Waals surface area contributed by atoms with Gasteiger partial charge < -0.3 is 14.5 Å². The first kappa shape index (κ1) is 17.1. The average molecular weight is 358 g/mol. The molecule has 0 aliphatic carbocycles. The molecule has 0 saturated heterocycles. The lowest BCUT2D eigenvalue weighted by Gasteiger charge is -2.10. The van der Waals surface area contributed by atoms with Crippen LogP contribution in [-0.2, 0) is 4.79 Å². The second-order valence-electron chi connectivity index (χ2n) is 5.29. The Labute approximate surface area is 149 Å². The Bertz CT molecular complexity index is 815. The molecule has 1 atom stereocenters. The average Bonchev–Trinajstić information content (AvgIpc) is 3.32. The van der Waals surface area contributed by atoms with Crippen molar-refractivity contribution in [1.29, 1.82) is 0 Å². The highest BCUT2D eigenvalue weighted by Crippen LogP contribution is 2.21. The van der Waals surface area contributed by atoms with Gasteiger partial charge in [-0.1, -0.05) is 11.8 Å². The Morgan fingerprint density at radius 1 is 1.36 bits per heavy atom. The van der Waals surface area contributed by atoms with Crippen LogP contribution < -0.4 is 10.1 Å². The van der Waals surface area contributed by atoms with Gasteiger partial charge in [0.15, 0.2) is 5.82 Å². The van der Waals surface area contributed by atoms with E-state index in [1.54, 1.807) is 19.4 Å². The molecule has 0 saturated carbocycles. The zero-order chi connectivity index (χ0) is 17.6. The fourth-order valence-corrected chi connectivity index (χ4v) is 2.82. The van der Waals surface area contributed by atoms with E-state index in [9.17, 15) is 4.79 Å². The molecular weight excluding hydrogens is 340 g/mol. The van der Waals surface area contributed by atoms with Crippen LogP contribution in [0.15, 0.2) is 52.2 Å². The molecule has 0 fully saturated rings. The lowest BCUT2D eigenvalue weighted by atomic mass is 10.2. The van der Waals surface area contributed by atoms with Crippen molar-refractivity contribution in [2.75, 3.05) is 12.9 Å². The molecule has 130 valence electrons. The lowest BCUT2D eigenvalue weighted by Crippen LogP contribution is -2.27. The summed E-state index contributed by atoms with van der Waals surface area (Å²) in [5.41, 5.74) is 0.899. The zero-order valence-electron chi connectivity index (χ0n) is 13.9. The first-order chi connectivity index (χ1) is 12.2. The number of carbonyl (C=O) groups is 1. The zero-order valence-corrected chi connectivity index (χ0v) is 14.7. The molecule has 0 bridgehead atoms. The predicted octanol–water partition coefficient (Wildman–Crippen LogP) is 3.04. The highest BCUT2D eigenvalue weighted by atomic mass is 32.2. The van der Waals surface area contributed by atoms with Crippen molar-refractivity contribution < 1.29 is 13.9 Å². The maximum absolute atomic E-state index is 12.0. The van der Waals surface area contributed by atoms with Gasteiger partial charge in [-0.05, 0) is 43.3 Å². The van der Waals surface area contributed by atoms with Crippen LogP contribution >= 0.6 is 11.8 Å². The van der Waals surface area contributed by atoms with Gasteiger partial charge in [0.1, 0.15) is 11.5 Å². The summed E-state index contributed by atoms with van der Waals surface area (Å²) in [6.45, 7) is 1.87. The van der Waals surface area contributed by atoms with E-state index >= 15 is 0 Å². The summed E-state index contributed by atoms with van der Waals surface area (Å²) < 4.78 is 10.4. The van der Waals surface area contributed by atoms with E-state index in [0.29, 0.717) is 11.0 Å². The number of nitrogens with one attached hydrogen (secondary N) is 2. The Morgan fingerprint density at radius 2 is 2.16 bits per heavy atom. The van der Waals surface area contributed by atoms with E-state index in [1.807, 2.05) is 37.3 Å². The van der Waals surface area contributed by atoms with Crippen LogP contribution in [0.5, 0.6) is 5.75 Å². The van der Waals surface area contributed by atoms with E-state index in [4.69, 9.17) is 9.15 Å². The van der Waals surface area contributed by atoms with Crippen molar-refractivity contribution in [2.45, 2.75) is 18.1 Å². The minimum absolute atomic E-state index is 0.107. The number of hydrogen-bond donors (Lipinski definition) is 2. The van der Waals surface area contributed by atoms with E-state index in [1.165, 1.54) is 11.8 Å². The van der Waals surface area contributed by atoms with Gasteiger partial charge in [-0.15, -0.1) is 5.10 Å². The third-order valence-electron chi connectivity index (χ3n) is 3.51. The van der Waals surface area contributed by atoms with E-state index in [0.717, 1.165) is 17.1 Å². The maximum Gasteiger partial charge on any atom is 0.231 e. The van der Waals surface area contributed by atoms with Crippen molar-refractivity contribution >= 4 is 17.7 Å². The number of methoxy groups -OCH3 is 1. The van der Waals surface area contributed by atoms with Crippen molar-refractivity contribution in [1.82, 2.24) is 20.5 Å². The van der Waals surface area contributed by atoms with E-state index in [-0.39, 0.29) is 17.7 Å². The Hall–Kier alpha value is -2.74. The summed E-state index contributed by atoms with van der Waals surface area (Å²) in [7, 11) is 1.62. The summed E-state index contributed by atoms with van der Waals surface area (Å²) in [4.78, 5) is 16.4. The monoisotopic (exact) mass is 358 g/mol. The highest BCUT2D eigenvalue weighted by Gasteiger charge is 2.13. The topological polar surface area (TPSA) is 93.0 Å². The standard InChI is InChI=1S/C17H18N4O3S/c1-11(14-4-3-9-24-14)18-15(22)10-25-17-19-16(20-21-17)12-5-7-13(23-2)8-6-12/h3-9,11H,10H2,1-2H3,(H,18,22)(H,19,20,21). The van der Waals surface area contributed by atoms with Gasteiger partial charge in [0.05, 0.1) is 25.2 Å². The Balaban J connectivity index is 1.53. The number of aromatic amines is 1. The normalized spacial score (nSPS) is 11.9. The summed E-state index contributed by atoms with van der Waals surface area (Å²) in [6.07, 6.45) is 1.58. The number of H-pyrrole nitrogens is 1. The largest absolute Gasteiger partial charge is 0.497 e. The number of ether oxygens (including phenoxy) is 1. The molecule has 1 aromatic carbocycles. The van der Waals surface area contributed by atoms with Gasteiger partial charge in [0.25, 0.3) is 0 Å². The molecule has 2 N–H and O–H groups in total. The highest BCUT2D eigenvalue weighted by molar-refractivity contribution is 7.99. The van der Waals surface area contributed by atoms with Crippen molar-refractivity contribution in [3.8, 4) is 17.1 Å². The Kier molecular flexibility index (Phi) is 5.39. The van der Waals surface area contributed by atoms with Crippen molar-refractivity contribution in [3.63, 3.8) is 0 Å². The first-order valence-corrected chi connectivity index (χ1v) is 8.66. The molecule has 3 aromatic rings. The number of thioether (sulfide) groups is 1. The molecule has 2 heterocycles. The van der Waals surface area contributed by atoms with Crippen molar-refractivity contribution in [2.24, 2.45) is 0 Å². The molecular formula is C17H18N4O3S. The van der Waals surface area contributed by atoms with Crippen LogP contribution in [0.3, 0.4) is 0 Å². The molecule has 2 aromatic heterocycles.